The van der Waals surface area contributed by atoms with Gasteiger partial charge in [-0.25, -0.2) is 4.98 Å². The summed E-state index contributed by atoms with van der Waals surface area (Å²) in [4.78, 5) is 4.70. The van der Waals surface area contributed by atoms with Gasteiger partial charge in [0.1, 0.15) is 5.01 Å². The molecular weight excluding hydrogens is 226 g/mol. The molecule has 2 heteroatoms. The Morgan fingerprint density at radius 1 is 1.18 bits per heavy atom. The van der Waals surface area contributed by atoms with Crippen LogP contribution < -0.4 is 0 Å². The van der Waals surface area contributed by atoms with Crippen molar-refractivity contribution in [3.05, 3.63) is 47.5 Å². The SMILES string of the molecule is C=Cc1ccc(-c2nc(C(C)(C)C)cs2)cc1. The fraction of sp³-hybridized carbons (Fsp3) is 0.267. The van der Waals surface area contributed by atoms with Gasteiger partial charge in [-0.05, 0) is 5.56 Å². The molecule has 17 heavy (non-hydrogen) atoms. The Balaban J connectivity index is 2.33. The summed E-state index contributed by atoms with van der Waals surface area (Å²) in [7, 11) is 0. The lowest BCUT2D eigenvalue weighted by molar-refractivity contribution is 0.573. The van der Waals surface area contributed by atoms with Gasteiger partial charge in [0.2, 0.25) is 0 Å². The maximum atomic E-state index is 4.70. The van der Waals surface area contributed by atoms with Crippen LogP contribution in [0.2, 0.25) is 0 Å². The van der Waals surface area contributed by atoms with Crippen LogP contribution in [0.15, 0.2) is 36.2 Å². The van der Waals surface area contributed by atoms with E-state index in [-0.39, 0.29) is 5.41 Å². The Labute approximate surface area is 107 Å². The summed E-state index contributed by atoms with van der Waals surface area (Å²) < 4.78 is 0. The van der Waals surface area contributed by atoms with Gasteiger partial charge in [0.15, 0.2) is 0 Å². The van der Waals surface area contributed by atoms with Crippen LogP contribution in [-0.2, 0) is 5.41 Å². The van der Waals surface area contributed by atoms with Crippen molar-refractivity contribution in [2.24, 2.45) is 0 Å². The fourth-order valence-electron chi connectivity index (χ4n) is 1.51. The second-order valence-electron chi connectivity index (χ2n) is 5.11. The molecule has 1 nitrogen and oxygen atoms in total. The van der Waals surface area contributed by atoms with Gasteiger partial charge in [0.05, 0.1) is 5.69 Å². The summed E-state index contributed by atoms with van der Waals surface area (Å²) >= 11 is 1.71. The highest BCUT2D eigenvalue weighted by molar-refractivity contribution is 7.13. The third-order valence-electron chi connectivity index (χ3n) is 2.67. The number of thiazole rings is 1. The molecule has 1 aromatic carbocycles. The predicted octanol–water partition coefficient (Wildman–Crippen LogP) is 4.75. The van der Waals surface area contributed by atoms with Gasteiger partial charge in [-0.15, -0.1) is 11.3 Å². The first-order chi connectivity index (χ1) is 8.00. The molecule has 0 aliphatic carbocycles. The average Bonchev–Trinajstić information content (AvgIpc) is 2.78. The molecule has 0 aliphatic rings. The van der Waals surface area contributed by atoms with Crippen molar-refractivity contribution < 1.29 is 0 Å². The van der Waals surface area contributed by atoms with E-state index in [1.54, 1.807) is 11.3 Å². The molecule has 0 saturated heterocycles. The standard InChI is InChI=1S/C15H17NS/c1-5-11-6-8-12(9-7-11)14-16-13(10-17-14)15(2,3)4/h5-10H,1H2,2-4H3. The van der Waals surface area contributed by atoms with Crippen molar-refractivity contribution in [3.8, 4) is 10.6 Å². The van der Waals surface area contributed by atoms with E-state index in [0.717, 1.165) is 16.3 Å². The third kappa shape index (κ3) is 2.64. The van der Waals surface area contributed by atoms with Gasteiger partial charge in [0, 0.05) is 16.4 Å². The maximum absolute atomic E-state index is 4.70. The lowest BCUT2D eigenvalue weighted by Crippen LogP contribution is -2.11. The molecule has 0 aliphatic heterocycles. The molecule has 0 bridgehead atoms. The van der Waals surface area contributed by atoms with Crippen molar-refractivity contribution in [1.29, 1.82) is 0 Å². The van der Waals surface area contributed by atoms with E-state index >= 15 is 0 Å². The largest absolute Gasteiger partial charge is 0.241 e. The molecule has 1 heterocycles. The number of nitrogens with zero attached hydrogens (tertiary/aromatic N) is 1. The predicted molar refractivity (Wildman–Crippen MR) is 76.3 cm³/mol. The summed E-state index contributed by atoms with van der Waals surface area (Å²) in [5.74, 6) is 0. The van der Waals surface area contributed by atoms with E-state index in [4.69, 9.17) is 4.98 Å². The van der Waals surface area contributed by atoms with E-state index in [0.29, 0.717) is 0 Å². The number of hydrogen-bond donors (Lipinski definition) is 0. The van der Waals surface area contributed by atoms with Crippen LogP contribution in [-0.4, -0.2) is 4.98 Å². The summed E-state index contributed by atoms with van der Waals surface area (Å²) in [6.45, 7) is 10.3. The highest BCUT2D eigenvalue weighted by Crippen LogP contribution is 2.29. The Kier molecular flexibility index (Phi) is 3.16. The quantitative estimate of drug-likeness (QED) is 0.741. The summed E-state index contributed by atoms with van der Waals surface area (Å²) in [6, 6.07) is 8.34. The minimum Gasteiger partial charge on any atom is -0.241 e. The third-order valence-corrected chi connectivity index (χ3v) is 3.56. The van der Waals surface area contributed by atoms with Gasteiger partial charge >= 0.3 is 0 Å². The molecule has 2 aromatic rings. The number of benzene rings is 1. The highest BCUT2D eigenvalue weighted by atomic mass is 32.1. The van der Waals surface area contributed by atoms with Crippen LogP contribution in [0.4, 0.5) is 0 Å². The summed E-state index contributed by atoms with van der Waals surface area (Å²) in [5.41, 5.74) is 3.60. The van der Waals surface area contributed by atoms with Crippen LogP contribution in [0.1, 0.15) is 32.0 Å². The molecular formula is C15H17NS. The molecule has 1 aromatic heterocycles. The Bertz CT molecular complexity index is 515. The first kappa shape index (κ1) is 12.1. The average molecular weight is 243 g/mol. The van der Waals surface area contributed by atoms with Gasteiger partial charge in [-0.3, -0.25) is 0 Å². The lowest BCUT2D eigenvalue weighted by Gasteiger charge is -2.14. The van der Waals surface area contributed by atoms with Crippen LogP contribution in [0.25, 0.3) is 16.6 Å². The minimum absolute atomic E-state index is 0.121. The number of rotatable bonds is 2. The molecule has 0 fully saturated rings. The van der Waals surface area contributed by atoms with Crippen molar-refractivity contribution in [1.82, 2.24) is 4.98 Å². The molecule has 0 amide bonds. The first-order valence-electron chi connectivity index (χ1n) is 5.69. The Morgan fingerprint density at radius 2 is 1.82 bits per heavy atom. The topological polar surface area (TPSA) is 12.9 Å². The van der Waals surface area contributed by atoms with E-state index in [1.165, 1.54) is 5.56 Å². The van der Waals surface area contributed by atoms with Crippen LogP contribution in [0.5, 0.6) is 0 Å². The van der Waals surface area contributed by atoms with E-state index in [2.05, 4.69) is 57.0 Å². The smallest absolute Gasteiger partial charge is 0.123 e. The van der Waals surface area contributed by atoms with Crippen molar-refractivity contribution in [3.63, 3.8) is 0 Å². The molecule has 0 N–H and O–H groups in total. The second-order valence-corrected chi connectivity index (χ2v) is 5.97. The molecule has 0 spiro atoms. The Morgan fingerprint density at radius 3 is 2.29 bits per heavy atom. The van der Waals surface area contributed by atoms with E-state index < -0.39 is 0 Å². The van der Waals surface area contributed by atoms with Gasteiger partial charge < -0.3 is 0 Å². The second kappa shape index (κ2) is 4.46. The molecule has 0 saturated carbocycles. The zero-order valence-electron chi connectivity index (χ0n) is 10.5. The molecule has 0 unspecified atom stereocenters. The number of aromatic nitrogens is 1. The Hall–Kier alpha value is -1.41. The van der Waals surface area contributed by atoms with Gasteiger partial charge in [-0.2, -0.15) is 0 Å². The molecule has 0 radical (unpaired) electrons. The van der Waals surface area contributed by atoms with E-state index in [9.17, 15) is 0 Å². The molecule has 0 atom stereocenters. The van der Waals surface area contributed by atoms with Crippen LogP contribution in [0.3, 0.4) is 0 Å². The zero-order valence-corrected chi connectivity index (χ0v) is 11.3. The van der Waals surface area contributed by atoms with Crippen molar-refractivity contribution >= 4 is 17.4 Å². The van der Waals surface area contributed by atoms with Crippen LogP contribution in [0, 0.1) is 0 Å². The number of hydrogen-bond acceptors (Lipinski definition) is 2. The van der Waals surface area contributed by atoms with Gasteiger partial charge in [-0.1, -0.05) is 57.7 Å². The van der Waals surface area contributed by atoms with Crippen molar-refractivity contribution in [2.75, 3.05) is 0 Å². The molecule has 88 valence electrons. The fourth-order valence-corrected chi connectivity index (χ4v) is 2.57. The van der Waals surface area contributed by atoms with Crippen LogP contribution >= 0.6 is 11.3 Å². The highest BCUT2D eigenvalue weighted by Gasteiger charge is 2.17. The lowest BCUT2D eigenvalue weighted by atomic mass is 9.93. The molecule has 2 rings (SSSR count). The van der Waals surface area contributed by atoms with Gasteiger partial charge in [0.25, 0.3) is 0 Å². The summed E-state index contributed by atoms with van der Waals surface area (Å²) in [6.07, 6.45) is 1.85. The monoisotopic (exact) mass is 243 g/mol. The minimum atomic E-state index is 0.121. The first-order valence-corrected chi connectivity index (χ1v) is 6.57. The zero-order chi connectivity index (χ0) is 12.5. The summed E-state index contributed by atoms with van der Waals surface area (Å²) in [5, 5.41) is 3.24. The van der Waals surface area contributed by atoms with E-state index in [1.807, 2.05) is 6.08 Å². The maximum Gasteiger partial charge on any atom is 0.123 e. The normalized spacial score (nSPS) is 11.5. The van der Waals surface area contributed by atoms with Crippen molar-refractivity contribution in [2.45, 2.75) is 26.2 Å².